The lowest BCUT2D eigenvalue weighted by Crippen LogP contribution is -2.28. The van der Waals surface area contributed by atoms with Crippen LogP contribution in [-0.2, 0) is 4.79 Å². The van der Waals surface area contributed by atoms with Crippen LogP contribution in [0.2, 0.25) is 0 Å². The van der Waals surface area contributed by atoms with Crippen molar-refractivity contribution in [3.8, 4) is 0 Å². The van der Waals surface area contributed by atoms with Gasteiger partial charge in [0.25, 0.3) is 5.91 Å². The van der Waals surface area contributed by atoms with Gasteiger partial charge < -0.3 is 15.7 Å². The third-order valence-electron chi connectivity index (χ3n) is 3.51. The number of carbonyl (C=O) groups is 3. The van der Waals surface area contributed by atoms with Crippen LogP contribution in [0.5, 0.6) is 0 Å². The Morgan fingerprint density at radius 1 is 0.800 bits per heavy atom. The Bertz CT molecular complexity index is 822. The summed E-state index contributed by atoms with van der Waals surface area (Å²) in [5.74, 6) is -1.86. The van der Waals surface area contributed by atoms with Crippen molar-refractivity contribution >= 4 is 29.2 Å². The minimum atomic E-state index is -1.13. The maximum atomic E-state index is 12.6. The fraction of sp³-hybridized carbons (Fsp3) is 0.211. The Morgan fingerprint density at radius 3 is 1.80 bits per heavy atom. The minimum absolute atomic E-state index is 0.00735. The number of hydrogen-bond donors (Lipinski definition) is 3. The summed E-state index contributed by atoms with van der Waals surface area (Å²) >= 11 is 0. The maximum Gasteiger partial charge on any atom is 0.337 e. The van der Waals surface area contributed by atoms with Gasteiger partial charge >= 0.3 is 5.97 Å². The van der Waals surface area contributed by atoms with Gasteiger partial charge in [0, 0.05) is 5.41 Å². The van der Waals surface area contributed by atoms with E-state index < -0.39 is 17.3 Å². The molecule has 0 saturated carbocycles. The number of para-hydroxylation sites is 2. The molecule has 0 bridgehead atoms. The molecule has 0 aromatic heterocycles. The van der Waals surface area contributed by atoms with Gasteiger partial charge in [-0.25, -0.2) is 4.79 Å². The number of anilines is 2. The normalized spacial score (nSPS) is 10.8. The zero-order chi connectivity index (χ0) is 18.6. The summed E-state index contributed by atoms with van der Waals surface area (Å²) in [4.78, 5) is 36.0. The zero-order valence-electron chi connectivity index (χ0n) is 14.3. The van der Waals surface area contributed by atoms with Gasteiger partial charge in [-0.3, -0.25) is 9.59 Å². The highest BCUT2D eigenvalue weighted by atomic mass is 16.4. The number of carbonyl (C=O) groups excluding carboxylic acids is 2. The Balaban J connectivity index is 2.29. The molecule has 0 heterocycles. The Morgan fingerprint density at radius 2 is 1.28 bits per heavy atom. The molecule has 0 aliphatic heterocycles. The quantitative estimate of drug-likeness (QED) is 0.792. The number of benzene rings is 2. The monoisotopic (exact) mass is 340 g/mol. The second-order valence-corrected chi connectivity index (χ2v) is 6.55. The van der Waals surface area contributed by atoms with Crippen molar-refractivity contribution in [2.75, 3.05) is 10.6 Å². The smallest absolute Gasteiger partial charge is 0.337 e. The first-order valence-electron chi connectivity index (χ1n) is 7.74. The van der Waals surface area contributed by atoms with E-state index in [0.717, 1.165) is 0 Å². The molecule has 2 amide bonds. The molecule has 2 aromatic rings. The summed E-state index contributed by atoms with van der Waals surface area (Å²) < 4.78 is 0. The van der Waals surface area contributed by atoms with Crippen LogP contribution in [0.4, 0.5) is 11.4 Å². The topological polar surface area (TPSA) is 95.5 Å². The number of hydrogen-bond acceptors (Lipinski definition) is 3. The molecule has 130 valence electrons. The third kappa shape index (κ3) is 4.44. The van der Waals surface area contributed by atoms with Crippen molar-refractivity contribution < 1.29 is 19.5 Å². The molecule has 3 N–H and O–H groups in total. The first-order valence-corrected chi connectivity index (χ1v) is 7.74. The molecule has 0 fully saturated rings. The summed E-state index contributed by atoms with van der Waals surface area (Å²) in [6, 6.07) is 12.7. The van der Waals surface area contributed by atoms with Gasteiger partial charge in [-0.05, 0) is 24.3 Å². The Labute approximate surface area is 145 Å². The van der Waals surface area contributed by atoms with Gasteiger partial charge in [0.1, 0.15) is 0 Å². The van der Waals surface area contributed by atoms with E-state index in [1.54, 1.807) is 57.2 Å². The van der Waals surface area contributed by atoms with Gasteiger partial charge in [0.15, 0.2) is 0 Å². The largest absolute Gasteiger partial charge is 0.478 e. The average Bonchev–Trinajstić information content (AvgIpc) is 2.54. The highest BCUT2D eigenvalue weighted by Crippen LogP contribution is 2.22. The molecule has 0 atom stereocenters. The lowest BCUT2D eigenvalue weighted by molar-refractivity contribution is -0.123. The number of nitrogens with one attached hydrogen (secondary N) is 2. The van der Waals surface area contributed by atoms with Crippen LogP contribution in [0.1, 0.15) is 41.5 Å². The second kappa shape index (κ2) is 7.17. The van der Waals surface area contributed by atoms with E-state index >= 15 is 0 Å². The summed E-state index contributed by atoms with van der Waals surface area (Å²) in [5.41, 5.74) is 0.191. The Kier molecular flexibility index (Phi) is 5.22. The summed E-state index contributed by atoms with van der Waals surface area (Å²) in [7, 11) is 0. The van der Waals surface area contributed by atoms with Crippen molar-refractivity contribution in [3.63, 3.8) is 0 Å². The van der Waals surface area contributed by atoms with Gasteiger partial charge in [-0.1, -0.05) is 45.0 Å². The van der Waals surface area contributed by atoms with Crippen LogP contribution in [0, 0.1) is 5.41 Å². The molecule has 25 heavy (non-hydrogen) atoms. The minimum Gasteiger partial charge on any atom is -0.478 e. The standard InChI is InChI=1S/C19H20N2O4/c1-19(2,3)18(25)21-14-10-6-4-8-12(14)16(22)20-15-11-7-5-9-13(15)17(23)24/h4-11H,1-3H3,(H,20,22)(H,21,25)(H,23,24). The van der Waals surface area contributed by atoms with Gasteiger partial charge in [0.2, 0.25) is 5.91 Å². The van der Waals surface area contributed by atoms with Crippen LogP contribution in [0.25, 0.3) is 0 Å². The fourth-order valence-corrected chi connectivity index (χ4v) is 2.07. The van der Waals surface area contributed by atoms with Crippen molar-refractivity contribution in [1.29, 1.82) is 0 Å². The van der Waals surface area contributed by atoms with E-state index in [0.29, 0.717) is 5.69 Å². The molecule has 0 aliphatic carbocycles. The predicted octanol–water partition coefficient (Wildman–Crippen LogP) is 3.62. The predicted molar refractivity (Wildman–Crippen MR) is 95.9 cm³/mol. The zero-order valence-corrected chi connectivity index (χ0v) is 14.3. The molecule has 0 radical (unpaired) electrons. The molecule has 0 spiro atoms. The van der Waals surface area contributed by atoms with Crippen molar-refractivity contribution in [1.82, 2.24) is 0 Å². The summed E-state index contributed by atoms with van der Waals surface area (Å²) in [6.45, 7) is 5.32. The number of amides is 2. The molecule has 0 unspecified atom stereocenters. The molecule has 6 heteroatoms. The average molecular weight is 340 g/mol. The van der Waals surface area contributed by atoms with Gasteiger partial charge in [-0.2, -0.15) is 0 Å². The molecule has 2 aromatic carbocycles. The van der Waals surface area contributed by atoms with Crippen molar-refractivity contribution in [2.24, 2.45) is 5.41 Å². The van der Waals surface area contributed by atoms with Crippen LogP contribution < -0.4 is 10.6 Å². The van der Waals surface area contributed by atoms with Crippen LogP contribution in [0.3, 0.4) is 0 Å². The van der Waals surface area contributed by atoms with Crippen LogP contribution >= 0.6 is 0 Å². The first kappa shape index (κ1) is 18.2. The molecular formula is C19H20N2O4. The maximum absolute atomic E-state index is 12.6. The number of carboxylic acids is 1. The first-order chi connectivity index (χ1) is 11.7. The van der Waals surface area contributed by atoms with Gasteiger partial charge in [-0.15, -0.1) is 0 Å². The lowest BCUT2D eigenvalue weighted by atomic mass is 9.95. The summed E-state index contributed by atoms with van der Waals surface area (Å²) in [6.07, 6.45) is 0. The van der Waals surface area contributed by atoms with Gasteiger partial charge in [0.05, 0.1) is 22.5 Å². The van der Waals surface area contributed by atoms with Crippen molar-refractivity contribution in [3.05, 3.63) is 59.7 Å². The highest BCUT2D eigenvalue weighted by Gasteiger charge is 2.23. The Hall–Kier alpha value is -3.15. The third-order valence-corrected chi connectivity index (χ3v) is 3.51. The van der Waals surface area contributed by atoms with E-state index in [4.69, 9.17) is 0 Å². The number of carboxylic acid groups (broad SMARTS) is 1. The van der Waals surface area contributed by atoms with E-state index in [2.05, 4.69) is 10.6 Å². The molecule has 0 aliphatic rings. The lowest BCUT2D eigenvalue weighted by Gasteiger charge is -2.19. The SMILES string of the molecule is CC(C)(C)C(=O)Nc1ccccc1C(=O)Nc1ccccc1C(=O)O. The molecule has 2 rings (SSSR count). The highest BCUT2D eigenvalue weighted by molar-refractivity contribution is 6.12. The molecule has 0 saturated heterocycles. The summed E-state index contributed by atoms with van der Waals surface area (Å²) in [5, 5.41) is 14.5. The van der Waals surface area contributed by atoms with E-state index in [1.807, 2.05) is 0 Å². The molecular weight excluding hydrogens is 320 g/mol. The van der Waals surface area contributed by atoms with E-state index in [9.17, 15) is 19.5 Å². The van der Waals surface area contributed by atoms with Crippen LogP contribution in [0.15, 0.2) is 48.5 Å². The molecule has 6 nitrogen and oxygen atoms in total. The van der Waals surface area contributed by atoms with Crippen molar-refractivity contribution in [2.45, 2.75) is 20.8 Å². The van der Waals surface area contributed by atoms with E-state index in [1.165, 1.54) is 12.1 Å². The van der Waals surface area contributed by atoms with Crippen LogP contribution in [-0.4, -0.2) is 22.9 Å². The fourth-order valence-electron chi connectivity index (χ4n) is 2.07. The second-order valence-electron chi connectivity index (χ2n) is 6.55. The number of rotatable bonds is 4. The number of aromatic carboxylic acids is 1. The van der Waals surface area contributed by atoms with E-state index in [-0.39, 0.29) is 22.7 Å².